The van der Waals surface area contributed by atoms with Crippen molar-refractivity contribution in [2.75, 3.05) is 6.61 Å². The van der Waals surface area contributed by atoms with Gasteiger partial charge in [-0.25, -0.2) is 19.2 Å². The van der Waals surface area contributed by atoms with E-state index in [1.54, 1.807) is 6.92 Å². The second kappa shape index (κ2) is 4.63. The molecule has 88 valence electrons. The minimum Gasteiger partial charge on any atom is -0.461 e. The molecule has 0 atom stereocenters. The monoisotopic (exact) mass is 254 g/mol. The van der Waals surface area contributed by atoms with Crippen LogP contribution >= 0.6 is 11.6 Å². The van der Waals surface area contributed by atoms with E-state index < -0.39 is 11.8 Å². The standard InChI is InChI=1S/C11H8ClFN2O2/c1-2-17-10(16)9-7-4-3-6(13)5-8(7)14-11(12)15-9/h3-5H,2H2,1H3. The molecule has 0 N–H and O–H groups in total. The third-order valence-corrected chi connectivity index (χ3v) is 2.27. The maximum atomic E-state index is 13.0. The molecule has 0 saturated heterocycles. The van der Waals surface area contributed by atoms with E-state index in [9.17, 15) is 9.18 Å². The number of carbonyl (C=O) groups excluding carboxylic acids is 1. The molecule has 0 unspecified atom stereocenters. The number of nitrogens with zero attached hydrogens (tertiary/aromatic N) is 2. The van der Waals surface area contributed by atoms with Crippen molar-refractivity contribution in [3.05, 3.63) is 35.0 Å². The van der Waals surface area contributed by atoms with Crippen LogP contribution in [0.5, 0.6) is 0 Å². The van der Waals surface area contributed by atoms with Gasteiger partial charge in [-0.1, -0.05) is 0 Å². The van der Waals surface area contributed by atoms with Crippen molar-refractivity contribution in [2.24, 2.45) is 0 Å². The van der Waals surface area contributed by atoms with Gasteiger partial charge in [0.1, 0.15) is 5.82 Å². The van der Waals surface area contributed by atoms with Crippen LogP contribution in [0.2, 0.25) is 5.28 Å². The fourth-order valence-corrected chi connectivity index (χ4v) is 1.61. The van der Waals surface area contributed by atoms with Crippen molar-refractivity contribution >= 4 is 28.5 Å². The highest BCUT2D eigenvalue weighted by Gasteiger charge is 2.15. The maximum absolute atomic E-state index is 13.0. The number of hydrogen-bond donors (Lipinski definition) is 0. The lowest BCUT2D eigenvalue weighted by molar-refractivity contribution is 0.0522. The van der Waals surface area contributed by atoms with Gasteiger partial charge in [-0.05, 0) is 30.7 Å². The average molecular weight is 255 g/mol. The number of benzene rings is 1. The minimum atomic E-state index is -0.603. The molecule has 0 spiro atoms. The normalized spacial score (nSPS) is 10.5. The molecule has 0 fully saturated rings. The number of aromatic nitrogens is 2. The van der Waals surface area contributed by atoms with Gasteiger partial charge in [0, 0.05) is 11.5 Å². The van der Waals surface area contributed by atoms with Crippen molar-refractivity contribution in [2.45, 2.75) is 6.92 Å². The molecule has 0 bridgehead atoms. The lowest BCUT2D eigenvalue weighted by Crippen LogP contribution is -2.09. The number of hydrogen-bond acceptors (Lipinski definition) is 4. The molecule has 0 saturated carbocycles. The van der Waals surface area contributed by atoms with Crippen LogP contribution in [-0.4, -0.2) is 22.5 Å². The largest absolute Gasteiger partial charge is 0.461 e. The minimum absolute atomic E-state index is 0.0434. The highest BCUT2D eigenvalue weighted by Crippen LogP contribution is 2.19. The Hall–Kier alpha value is -1.75. The first-order valence-electron chi connectivity index (χ1n) is 4.91. The second-order valence-corrected chi connectivity index (χ2v) is 3.56. The summed E-state index contributed by atoms with van der Waals surface area (Å²) in [7, 11) is 0. The lowest BCUT2D eigenvalue weighted by Gasteiger charge is -2.05. The average Bonchev–Trinajstić information content (AvgIpc) is 2.27. The van der Waals surface area contributed by atoms with Crippen LogP contribution in [0.15, 0.2) is 18.2 Å². The zero-order valence-electron chi connectivity index (χ0n) is 8.91. The third kappa shape index (κ3) is 2.34. The zero-order valence-corrected chi connectivity index (χ0v) is 9.66. The first-order valence-corrected chi connectivity index (χ1v) is 5.29. The van der Waals surface area contributed by atoms with Gasteiger partial charge in [-0.2, -0.15) is 0 Å². The molecule has 0 aliphatic rings. The number of esters is 1. The summed E-state index contributed by atoms with van der Waals surface area (Å²) in [5, 5.41) is 0.292. The number of carbonyl (C=O) groups is 1. The summed E-state index contributed by atoms with van der Waals surface area (Å²) >= 11 is 5.67. The summed E-state index contributed by atoms with van der Waals surface area (Å²) in [5.74, 6) is -1.06. The first-order chi connectivity index (χ1) is 8.11. The van der Waals surface area contributed by atoms with Gasteiger partial charge in [0.25, 0.3) is 0 Å². The Balaban J connectivity index is 2.65. The lowest BCUT2D eigenvalue weighted by atomic mass is 10.2. The van der Waals surface area contributed by atoms with Crippen molar-refractivity contribution in [1.82, 2.24) is 9.97 Å². The molecule has 1 aromatic carbocycles. The summed E-state index contributed by atoms with van der Waals surface area (Å²) in [6.07, 6.45) is 0. The summed E-state index contributed by atoms with van der Waals surface area (Å²) in [6, 6.07) is 3.83. The van der Waals surface area contributed by atoms with Gasteiger partial charge in [0.2, 0.25) is 5.28 Å². The van der Waals surface area contributed by atoms with Crippen LogP contribution in [-0.2, 0) is 4.74 Å². The SMILES string of the molecule is CCOC(=O)c1nc(Cl)nc2cc(F)ccc12. The van der Waals surface area contributed by atoms with Crippen molar-refractivity contribution in [1.29, 1.82) is 0 Å². The van der Waals surface area contributed by atoms with Gasteiger partial charge < -0.3 is 4.74 Å². The van der Waals surface area contributed by atoms with Gasteiger partial charge in [0.15, 0.2) is 5.69 Å². The Morgan fingerprint density at radius 2 is 2.24 bits per heavy atom. The Morgan fingerprint density at radius 3 is 2.94 bits per heavy atom. The molecule has 4 nitrogen and oxygen atoms in total. The van der Waals surface area contributed by atoms with Gasteiger partial charge in [-0.15, -0.1) is 0 Å². The van der Waals surface area contributed by atoms with Crippen LogP contribution in [0.3, 0.4) is 0 Å². The molecule has 2 rings (SSSR count). The fraction of sp³-hybridized carbons (Fsp3) is 0.182. The van der Waals surface area contributed by atoms with E-state index in [1.807, 2.05) is 0 Å². The number of halogens is 2. The van der Waals surface area contributed by atoms with E-state index in [-0.39, 0.29) is 23.1 Å². The molecule has 1 aromatic heterocycles. The van der Waals surface area contributed by atoms with E-state index in [2.05, 4.69) is 9.97 Å². The van der Waals surface area contributed by atoms with Crippen molar-refractivity contribution in [3.63, 3.8) is 0 Å². The fourth-order valence-electron chi connectivity index (χ4n) is 1.43. The van der Waals surface area contributed by atoms with Crippen LogP contribution in [0.25, 0.3) is 10.9 Å². The number of ether oxygens (including phenoxy) is 1. The summed E-state index contributed by atoms with van der Waals surface area (Å²) in [6.45, 7) is 1.91. The maximum Gasteiger partial charge on any atom is 0.357 e. The summed E-state index contributed by atoms with van der Waals surface area (Å²) in [5.41, 5.74) is 0.315. The Labute approximate surface area is 101 Å². The quantitative estimate of drug-likeness (QED) is 0.611. The summed E-state index contributed by atoms with van der Waals surface area (Å²) in [4.78, 5) is 19.3. The van der Waals surface area contributed by atoms with Crippen molar-refractivity contribution < 1.29 is 13.9 Å². The van der Waals surface area contributed by atoms with Crippen molar-refractivity contribution in [3.8, 4) is 0 Å². The molecular formula is C11H8ClFN2O2. The Morgan fingerprint density at radius 1 is 1.47 bits per heavy atom. The molecule has 17 heavy (non-hydrogen) atoms. The molecule has 0 amide bonds. The topological polar surface area (TPSA) is 52.1 Å². The van der Waals surface area contributed by atoms with E-state index >= 15 is 0 Å². The van der Waals surface area contributed by atoms with E-state index in [0.717, 1.165) is 0 Å². The zero-order chi connectivity index (χ0) is 12.4. The highest BCUT2D eigenvalue weighted by atomic mass is 35.5. The number of fused-ring (bicyclic) bond motifs is 1. The number of rotatable bonds is 2. The molecule has 0 radical (unpaired) electrons. The van der Waals surface area contributed by atoms with E-state index in [1.165, 1.54) is 18.2 Å². The second-order valence-electron chi connectivity index (χ2n) is 3.22. The third-order valence-electron chi connectivity index (χ3n) is 2.10. The molecule has 1 heterocycles. The van der Waals surface area contributed by atoms with Gasteiger partial charge >= 0.3 is 5.97 Å². The highest BCUT2D eigenvalue weighted by molar-refractivity contribution is 6.29. The Kier molecular flexibility index (Phi) is 3.19. The smallest absolute Gasteiger partial charge is 0.357 e. The molecular weight excluding hydrogens is 247 g/mol. The van der Waals surface area contributed by atoms with Gasteiger partial charge in [0.05, 0.1) is 12.1 Å². The predicted molar refractivity (Wildman–Crippen MR) is 60.5 cm³/mol. The molecule has 2 aromatic rings. The van der Waals surface area contributed by atoms with Crippen LogP contribution in [0.4, 0.5) is 4.39 Å². The van der Waals surface area contributed by atoms with Crippen LogP contribution < -0.4 is 0 Å². The Bertz CT molecular complexity index is 584. The van der Waals surface area contributed by atoms with Crippen LogP contribution in [0, 0.1) is 5.82 Å². The predicted octanol–water partition coefficient (Wildman–Crippen LogP) is 2.60. The molecule has 6 heteroatoms. The van der Waals surface area contributed by atoms with E-state index in [0.29, 0.717) is 5.39 Å². The van der Waals surface area contributed by atoms with Gasteiger partial charge in [-0.3, -0.25) is 0 Å². The molecule has 0 aliphatic carbocycles. The summed E-state index contributed by atoms with van der Waals surface area (Å²) < 4.78 is 17.9. The van der Waals surface area contributed by atoms with Crippen LogP contribution in [0.1, 0.15) is 17.4 Å². The van der Waals surface area contributed by atoms with E-state index in [4.69, 9.17) is 16.3 Å². The first kappa shape index (κ1) is 11.7. The molecule has 0 aliphatic heterocycles.